The van der Waals surface area contributed by atoms with Crippen molar-refractivity contribution in [3.63, 3.8) is 0 Å². The van der Waals surface area contributed by atoms with Crippen molar-refractivity contribution >= 4 is 17.0 Å². The van der Waals surface area contributed by atoms with Gasteiger partial charge in [-0.15, -0.1) is 0 Å². The lowest BCUT2D eigenvalue weighted by molar-refractivity contribution is -0.141. The van der Waals surface area contributed by atoms with E-state index in [0.29, 0.717) is 0 Å². The van der Waals surface area contributed by atoms with Gasteiger partial charge in [-0.2, -0.15) is 0 Å². The van der Waals surface area contributed by atoms with Gasteiger partial charge in [-0.3, -0.25) is 13.9 Å². The van der Waals surface area contributed by atoms with E-state index in [1.807, 2.05) is 18.2 Å². The number of carbonyl (C=O) groups excluding carboxylic acids is 1. The molecule has 1 aromatic heterocycles. The maximum absolute atomic E-state index is 11.9. The summed E-state index contributed by atoms with van der Waals surface area (Å²) in [5.74, 6) is -0.432. The lowest BCUT2D eigenvalue weighted by Gasteiger charge is -2.00. The minimum Gasteiger partial charge on any atom is -0.468 e. The molecule has 0 aliphatic heterocycles. The maximum Gasteiger partial charge on any atom is 0.329 e. The molecule has 0 spiro atoms. The molecule has 84 valence electrons. The normalized spacial score (nSPS) is 10.6. The zero-order valence-electron chi connectivity index (χ0n) is 9.14. The number of aryl methyl sites for hydroxylation is 1. The summed E-state index contributed by atoms with van der Waals surface area (Å²) in [6, 6.07) is 7.32. The van der Waals surface area contributed by atoms with Gasteiger partial charge in [0, 0.05) is 7.05 Å². The van der Waals surface area contributed by atoms with Gasteiger partial charge < -0.3 is 4.74 Å². The van der Waals surface area contributed by atoms with E-state index in [9.17, 15) is 9.59 Å². The summed E-state index contributed by atoms with van der Waals surface area (Å²) in [6.07, 6.45) is 0. The molecule has 1 heterocycles. The first-order valence-electron chi connectivity index (χ1n) is 4.86. The highest BCUT2D eigenvalue weighted by Crippen LogP contribution is 2.11. The third kappa shape index (κ3) is 1.50. The molecule has 0 N–H and O–H groups in total. The van der Waals surface area contributed by atoms with E-state index in [4.69, 9.17) is 0 Å². The van der Waals surface area contributed by atoms with Crippen molar-refractivity contribution < 1.29 is 9.53 Å². The summed E-state index contributed by atoms with van der Waals surface area (Å²) in [7, 11) is 2.98. The van der Waals surface area contributed by atoms with Gasteiger partial charge in [-0.05, 0) is 12.1 Å². The SMILES string of the molecule is COC(=O)Cn1c(=O)n(C)c2ccccc21. The van der Waals surface area contributed by atoms with Gasteiger partial charge in [0.1, 0.15) is 6.54 Å². The zero-order valence-corrected chi connectivity index (χ0v) is 9.14. The lowest BCUT2D eigenvalue weighted by atomic mass is 10.3. The molecule has 0 saturated heterocycles. The second kappa shape index (κ2) is 3.84. The number of methoxy groups -OCH3 is 1. The molecule has 0 aliphatic carbocycles. The van der Waals surface area contributed by atoms with E-state index in [-0.39, 0.29) is 12.2 Å². The Morgan fingerprint density at radius 1 is 1.31 bits per heavy atom. The Morgan fingerprint density at radius 2 is 1.94 bits per heavy atom. The predicted octanol–water partition coefficient (Wildman–Crippen LogP) is 0.513. The van der Waals surface area contributed by atoms with Crippen LogP contribution in [0.4, 0.5) is 0 Å². The van der Waals surface area contributed by atoms with Crippen LogP contribution in [0.15, 0.2) is 29.1 Å². The minimum atomic E-state index is -0.432. The number of benzene rings is 1. The lowest BCUT2D eigenvalue weighted by Crippen LogP contribution is -2.26. The fraction of sp³-hybridized carbons (Fsp3) is 0.273. The molecule has 5 nitrogen and oxygen atoms in total. The second-order valence-electron chi connectivity index (χ2n) is 3.49. The molecule has 0 radical (unpaired) electrons. The molecule has 5 heteroatoms. The van der Waals surface area contributed by atoms with Gasteiger partial charge in [0.05, 0.1) is 18.1 Å². The molecular weight excluding hydrogens is 208 g/mol. The zero-order chi connectivity index (χ0) is 11.7. The molecule has 0 amide bonds. The Morgan fingerprint density at radius 3 is 2.56 bits per heavy atom. The highest BCUT2D eigenvalue weighted by Gasteiger charge is 2.12. The van der Waals surface area contributed by atoms with Crippen LogP contribution >= 0.6 is 0 Å². The Hall–Kier alpha value is -2.04. The van der Waals surface area contributed by atoms with Crippen LogP contribution in [0.3, 0.4) is 0 Å². The summed E-state index contributed by atoms with van der Waals surface area (Å²) in [5, 5.41) is 0. The van der Waals surface area contributed by atoms with Gasteiger partial charge in [0.2, 0.25) is 0 Å². The molecule has 0 saturated carbocycles. The first kappa shape index (κ1) is 10.5. The summed E-state index contributed by atoms with van der Waals surface area (Å²) in [4.78, 5) is 23.1. The molecule has 0 fully saturated rings. The number of hydrogen-bond acceptors (Lipinski definition) is 3. The molecule has 1 aromatic carbocycles. The Kier molecular flexibility index (Phi) is 2.52. The van der Waals surface area contributed by atoms with E-state index in [0.717, 1.165) is 11.0 Å². The molecule has 0 unspecified atom stereocenters. The van der Waals surface area contributed by atoms with Gasteiger partial charge in [-0.1, -0.05) is 12.1 Å². The van der Waals surface area contributed by atoms with Crippen molar-refractivity contribution in [3.05, 3.63) is 34.7 Å². The molecular formula is C11H12N2O3. The van der Waals surface area contributed by atoms with Crippen LogP contribution in [0, 0.1) is 0 Å². The molecule has 0 atom stereocenters. The Labute approximate surface area is 91.9 Å². The molecule has 2 rings (SSSR count). The van der Waals surface area contributed by atoms with E-state index >= 15 is 0 Å². The van der Waals surface area contributed by atoms with E-state index < -0.39 is 5.97 Å². The third-order valence-corrected chi connectivity index (χ3v) is 2.57. The molecule has 16 heavy (non-hydrogen) atoms. The van der Waals surface area contributed by atoms with Gasteiger partial charge in [-0.25, -0.2) is 4.79 Å². The minimum absolute atomic E-state index is 0.0588. The topological polar surface area (TPSA) is 53.2 Å². The van der Waals surface area contributed by atoms with Crippen molar-refractivity contribution in [2.24, 2.45) is 7.05 Å². The third-order valence-electron chi connectivity index (χ3n) is 2.57. The first-order valence-corrected chi connectivity index (χ1v) is 4.86. The largest absolute Gasteiger partial charge is 0.468 e. The number of rotatable bonds is 2. The van der Waals surface area contributed by atoms with Crippen LogP contribution < -0.4 is 5.69 Å². The van der Waals surface area contributed by atoms with Crippen molar-refractivity contribution in [1.82, 2.24) is 9.13 Å². The summed E-state index contributed by atoms with van der Waals surface area (Å²) >= 11 is 0. The van der Waals surface area contributed by atoms with Gasteiger partial charge in [0.15, 0.2) is 0 Å². The number of aromatic nitrogens is 2. The van der Waals surface area contributed by atoms with Crippen LogP contribution in [0.2, 0.25) is 0 Å². The van der Waals surface area contributed by atoms with Crippen LogP contribution in [-0.4, -0.2) is 22.2 Å². The van der Waals surface area contributed by atoms with Crippen molar-refractivity contribution in [2.75, 3.05) is 7.11 Å². The second-order valence-corrected chi connectivity index (χ2v) is 3.49. The highest BCUT2D eigenvalue weighted by molar-refractivity contribution is 5.78. The predicted molar refractivity (Wildman–Crippen MR) is 59.2 cm³/mol. The fourth-order valence-corrected chi connectivity index (χ4v) is 1.71. The van der Waals surface area contributed by atoms with E-state index in [1.165, 1.54) is 16.2 Å². The molecule has 2 aromatic rings. The monoisotopic (exact) mass is 220 g/mol. The number of carbonyl (C=O) groups is 1. The molecule has 0 aliphatic rings. The Bertz CT molecular complexity index is 595. The standard InChI is InChI=1S/C11H12N2O3/c1-12-8-5-3-4-6-9(8)13(11(12)15)7-10(14)16-2/h3-6H,7H2,1-2H3. The summed E-state index contributed by atoms with van der Waals surface area (Å²) < 4.78 is 7.48. The van der Waals surface area contributed by atoms with Crippen LogP contribution in [0.25, 0.3) is 11.0 Å². The van der Waals surface area contributed by atoms with Gasteiger partial charge in [0.25, 0.3) is 0 Å². The fourth-order valence-electron chi connectivity index (χ4n) is 1.71. The smallest absolute Gasteiger partial charge is 0.329 e. The number of nitrogens with zero attached hydrogens (tertiary/aromatic N) is 2. The molecule has 0 bridgehead atoms. The summed E-state index contributed by atoms with van der Waals surface area (Å²) in [6.45, 7) is -0.0588. The van der Waals surface area contributed by atoms with Gasteiger partial charge >= 0.3 is 11.7 Å². The van der Waals surface area contributed by atoms with E-state index in [1.54, 1.807) is 13.1 Å². The van der Waals surface area contributed by atoms with Crippen LogP contribution in [-0.2, 0) is 23.1 Å². The average Bonchev–Trinajstić information content (AvgIpc) is 2.55. The summed E-state index contributed by atoms with van der Waals surface area (Å²) in [5.41, 5.74) is 1.32. The van der Waals surface area contributed by atoms with Crippen LogP contribution in [0.5, 0.6) is 0 Å². The number of imidazole rings is 1. The quantitative estimate of drug-likeness (QED) is 0.693. The Balaban J connectivity index is 2.64. The number of ether oxygens (including phenoxy) is 1. The van der Waals surface area contributed by atoms with E-state index in [2.05, 4.69) is 4.74 Å². The maximum atomic E-state index is 11.9. The number of esters is 1. The number of para-hydroxylation sites is 2. The average molecular weight is 220 g/mol. The highest BCUT2D eigenvalue weighted by atomic mass is 16.5. The first-order chi connectivity index (χ1) is 7.65. The van der Waals surface area contributed by atoms with Crippen molar-refractivity contribution in [2.45, 2.75) is 6.54 Å². The number of hydrogen-bond donors (Lipinski definition) is 0. The van der Waals surface area contributed by atoms with Crippen molar-refractivity contribution in [1.29, 1.82) is 0 Å². The number of fused-ring (bicyclic) bond motifs is 1. The van der Waals surface area contributed by atoms with Crippen molar-refractivity contribution in [3.8, 4) is 0 Å². The van der Waals surface area contributed by atoms with Crippen LogP contribution in [0.1, 0.15) is 0 Å².